The highest BCUT2D eigenvalue weighted by Crippen LogP contribution is 2.25. The Morgan fingerprint density at radius 2 is 2.05 bits per heavy atom. The van der Waals surface area contributed by atoms with Crippen LogP contribution in [0.4, 0.5) is 0 Å². The van der Waals surface area contributed by atoms with Crippen molar-refractivity contribution in [3.05, 3.63) is 29.3 Å². The van der Waals surface area contributed by atoms with Crippen LogP contribution in [0, 0.1) is 6.92 Å². The molecule has 0 aliphatic carbocycles. The molecule has 0 radical (unpaired) electrons. The maximum absolute atomic E-state index is 11.7. The average molecular weight is 264 g/mol. The Balaban J connectivity index is 2.75. The first-order valence-corrected chi connectivity index (χ1v) is 6.70. The number of aryl methyl sites for hydroxylation is 1. The summed E-state index contributed by atoms with van der Waals surface area (Å²) in [5.74, 6) is 1.06. The quantitative estimate of drug-likeness (QED) is 0.825. The molecule has 0 spiro atoms. The number of carbonyl (C=O) groups excluding carboxylic acids is 1. The van der Waals surface area contributed by atoms with Gasteiger partial charge in [-0.05, 0) is 37.0 Å². The number of nitrogens with two attached hydrogens (primary N) is 1. The lowest BCUT2D eigenvalue weighted by Crippen LogP contribution is -2.38. The van der Waals surface area contributed by atoms with E-state index in [1.807, 2.05) is 19.1 Å². The summed E-state index contributed by atoms with van der Waals surface area (Å²) < 4.78 is 5.74. The van der Waals surface area contributed by atoms with E-state index in [1.54, 1.807) is 6.92 Å². The first-order valence-electron chi connectivity index (χ1n) is 6.70. The summed E-state index contributed by atoms with van der Waals surface area (Å²) >= 11 is 0. The van der Waals surface area contributed by atoms with Crippen LogP contribution in [0.3, 0.4) is 0 Å². The van der Waals surface area contributed by atoms with Crippen LogP contribution in [-0.4, -0.2) is 25.1 Å². The van der Waals surface area contributed by atoms with Crippen LogP contribution in [0.5, 0.6) is 5.75 Å². The molecule has 0 bridgehead atoms. The lowest BCUT2D eigenvalue weighted by molar-refractivity contribution is -0.127. The fraction of sp³-hybridized carbons (Fsp3) is 0.533. The number of hydrogen-bond acceptors (Lipinski definition) is 3. The largest absolute Gasteiger partial charge is 0.481 e. The van der Waals surface area contributed by atoms with Crippen molar-refractivity contribution in [1.82, 2.24) is 5.32 Å². The monoisotopic (exact) mass is 264 g/mol. The summed E-state index contributed by atoms with van der Waals surface area (Å²) in [6.45, 7) is 8.88. The van der Waals surface area contributed by atoms with E-state index in [0.717, 1.165) is 11.3 Å². The molecule has 4 heteroatoms. The van der Waals surface area contributed by atoms with Gasteiger partial charge in [0.05, 0.1) is 0 Å². The van der Waals surface area contributed by atoms with Crippen LogP contribution in [-0.2, 0) is 4.79 Å². The van der Waals surface area contributed by atoms with Crippen molar-refractivity contribution < 1.29 is 9.53 Å². The minimum Gasteiger partial charge on any atom is -0.481 e. The van der Waals surface area contributed by atoms with Gasteiger partial charge < -0.3 is 15.8 Å². The van der Waals surface area contributed by atoms with Crippen molar-refractivity contribution in [2.24, 2.45) is 5.73 Å². The second-order valence-electron chi connectivity index (χ2n) is 5.02. The number of carbonyl (C=O) groups is 1. The van der Waals surface area contributed by atoms with Gasteiger partial charge in [0.1, 0.15) is 5.75 Å². The van der Waals surface area contributed by atoms with Crippen molar-refractivity contribution in [3.63, 3.8) is 0 Å². The smallest absolute Gasteiger partial charge is 0.260 e. The lowest BCUT2D eigenvalue weighted by atomic mass is 10.0. The van der Waals surface area contributed by atoms with E-state index in [1.165, 1.54) is 5.56 Å². The van der Waals surface area contributed by atoms with Crippen molar-refractivity contribution in [3.8, 4) is 5.75 Å². The van der Waals surface area contributed by atoms with Crippen LogP contribution in [0.1, 0.15) is 37.8 Å². The molecule has 0 aliphatic rings. The number of nitrogens with one attached hydrogen (secondary N) is 1. The molecule has 1 aromatic carbocycles. The van der Waals surface area contributed by atoms with E-state index in [-0.39, 0.29) is 5.91 Å². The van der Waals surface area contributed by atoms with Gasteiger partial charge >= 0.3 is 0 Å². The molecule has 0 aromatic heterocycles. The Hall–Kier alpha value is -1.55. The zero-order valence-corrected chi connectivity index (χ0v) is 12.2. The number of benzene rings is 1. The minimum absolute atomic E-state index is 0.139. The molecule has 3 N–H and O–H groups in total. The molecule has 0 saturated heterocycles. The second-order valence-corrected chi connectivity index (χ2v) is 5.02. The van der Waals surface area contributed by atoms with Crippen molar-refractivity contribution in [2.75, 3.05) is 13.1 Å². The predicted octanol–water partition coefficient (Wildman–Crippen LogP) is 1.96. The van der Waals surface area contributed by atoms with E-state index in [4.69, 9.17) is 10.5 Å². The molecular weight excluding hydrogens is 240 g/mol. The molecule has 0 aliphatic heterocycles. The Bertz CT molecular complexity index is 430. The summed E-state index contributed by atoms with van der Waals surface area (Å²) in [5, 5.41) is 2.72. The minimum atomic E-state index is -0.521. The maximum Gasteiger partial charge on any atom is 0.260 e. The Labute approximate surface area is 115 Å². The molecule has 0 fully saturated rings. The molecule has 1 amide bonds. The van der Waals surface area contributed by atoms with Gasteiger partial charge in [-0.25, -0.2) is 0 Å². The van der Waals surface area contributed by atoms with Crippen LogP contribution in [0.15, 0.2) is 18.2 Å². The van der Waals surface area contributed by atoms with Crippen molar-refractivity contribution >= 4 is 5.91 Å². The van der Waals surface area contributed by atoms with Gasteiger partial charge in [0.2, 0.25) is 0 Å². The topological polar surface area (TPSA) is 64.3 Å². The highest BCUT2D eigenvalue weighted by atomic mass is 16.5. The van der Waals surface area contributed by atoms with E-state index in [2.05, 4.69) is 25.2 Å². The summed E-state index contributed by atoms with van der Waals surface area (Å²) in [7, 11) is 0. The number of amides is 1. The SMILES string of the molecule is Cc1ccc(C(C)C)cc1OC(C)C(=O)NCCN. The van der Waals surface area contributed by atoms with Crippen LogP contribution in [0.2, 0.25) is 0 Å². The van der Waals surface area contributed by atoms with E-state index >= 15 is 0 Å². The van der Waals surface area contributed by atoms with E-state index in [0.29, 0.717) is 19.0 Å². The van der Waals surface area contributed by atoms with E-state index < -0.39 is 6.10 Å². The van der Waals surface area contributed by atoms with Gasteiger partial charge in [0.15, 0.2) is 6.10 Å². The molecule has 1 unspecified atom stereocenters. The van der Waals surface area contributed by atoms with Crippen molar-refractivity contribution in [1.29, 1.82) is 0 Å². The van der Waals surface area contributed by atoms with E-state index in [9.17, 15) is 4.79 Å². The molecule has 19 heavy (non-hydrogen) atoms. The number of ether oxygens (including phenoxy) is 1. The first-order chi connectivity index (χ1) is 8.95. The highest BCUT2D eigenvalue weighted by molar-refractivity contribution is 5.80. The van der Waals surface area contributed by atoms with Gasteiger partial charge in [0, 0.05) is 13.1 Å². The fourth-order valence-corrected chi connectivity index (χ4v) is 1.69. The van der Waals surface area contributed by atoms with Crippen molar-refractivity contribution in [2.45, 2.75) is 39.7 Å². The van der Waals surface area contributed by atoms with Gasteiger partial charge in [0.25, 0.3) is 5.91 Å². The molecule has 1 rings (SSSR count). The highest BCUT2D eigenvalue weighted by Gasteiger charge is 2.15. The van der Waals surface area contributed by atoms with Crippen LogP contribution in [0.25, 0.3) is 0 Å². The average Bonchev–Trinajstić information content (AvgIpc) is 2.38. The molecule has 0 saturated carbocycles. The Morgan fingerprint density at radius 1 is 1.37 bits per heavy atom. The second kappa shape index (κ2) is 7.14. The summed E-state index contributed by atoms with van der Waals surface area (Å²) in [6, 6.07) is 6.12. The summed E-state index contributed by atoms with van der Waals surface area (Å²) in [6.07, 6.45) is -0.521. The lowest BCUT2D eigenvalue weighted by Gasteiger charge is -2.17. The van der Waals surface area contributed by atoms with Gasteiger partial charge in [-0.1, -0.05) is 26.0 Å². The third-order valence-electron chi connectivity index (χ3n) is 3.00. The number of rotatable bonds is 6. The zero-order valence-electron chi connectivity index (χ0n) is 12.2. The van der Waals surface area contributed by atoms with Crippen LogP contribution < -0.4 is 15.8 Å². The normalized spacial score (nSPS) is 12.3. The molecule has 4 nitrogen and oxygen atoms in total. The van der Waals surface area contributed by atoms with Gasteiger partial charge in [-0.2, -0.15) is 0 Å². The standard InChI is InChI=1S/C15H24N2O2/c1-10(2)13-6-5-11(3)14(9-13)19-12(4)15(18)17-8-7-16/h5-6,9-10,12H,7-8,16H2,1-4H3,(H,17,18). The molecule has 1 atom stereocenters. The van der Waals surface area contributed by atoms with Crippen LogP contribution >= 0.6 is 0 Å². The first kappa shape index (κ1) is 15.5. The van der Waals surface area contributed by atoms with Gasteiger partial charge in [-0.15, -0.1) is 0 Å². The predicted molar refractivity (Wildman–Crippen MR) is 77.4 cm³/mol. The third-order valence-corrected chi connectivity index (χ3v) is 3.00. The fourth-order valence-electron chi connectivity index (χ4n) is 1.69. The zero-order chi connectivity index (χ0) is 14.4. The van der Waals surface area contributed by atoms with Gasteiger partial charge in [-0.3, -0.25) is 4.79 Å². The Kier molecular flexibility index (Phi) is 5.83. The number of hydrogen-bond donors (Lipinski definition) is 2. The molecular formula is C15H24N2O2. The summed E-state index contributed by atoms with van der Waals surface area (Å²) in [4.78, 5) is 11.7. The summed E-state index contributed by atoms with van der Waals surface area (Å²) in [5.41, 5.74) is 7.59. The maximum atomic E-state index is 11.7. The molecule has 106 valence electrons. The Morgan fingerprint density at radius 3 is 2.63 bits per heavy atom. The molecule has 0 heterocycles. The molecule has 1 aromatic rings. The third kappa shape index (κ3) is 4.56.